The maximum atomic E-state index is 13.7. The highest BCUT2D eigenvalue weighted by molar-refractivity contribution is 5.98. The molecule has 228 valence electrons. The van der Waals surface area contributed by atoms with E-state index in [1.165, 1.54) is 25.3 Å². The SMILES string of the molecule is COc1cc(C#N)c(OC2CCC(C)(C(=O)O)CC2)cc1C(=O)N[C@@H]1[C@H]2CC[C@H](C2)[C@@H]1C(=O)NCc1ccc(F)c(F)c1. The van der Waals surface area contributed by atoms with Crippen LogP contribution in [-0.2, 0) is 16.1 Å². The molecule has 4 atom stereocenters. The number of nitriles is 1. The molecule has 0 spiro atoms. The summed E-state index contributed by atoms with van der Waals surface area (Å²) in [6.45, 7) is 1.75. The molecule has 0 heterocycles. The van der Waals surface area contributed by atoms with E-state index in [0.29, 0.717) is 31.2 Å². The van der Waals surface area contributed by atoms with E-state index in [2.05, 4.69) is 16.7 Å². The minimum atomic E-state index is -0.987. The molecule has 0 saturated heterocycles. The van der Waals surface area contributed by atoms with E-state index < -0.39 is 40.9 Å². The highest BCUT2D eigenvalue weighted by Gasteiger charge is 2.51. The van der Waals surface area contributed by atoms with Gasteiger partial charge in [-0.1, -0.05) is 6.07 Å². The van der Waals surface area contributed by atoms with Crippen molar-refractivity contribution in [2.24, 2.45) is 23.2 Å². The van der Waals surface area contributed by atoms with Gasteiger partial charge in [0.15, 0.2) is 11.6 Å². The lowest BCUT2D eigenvalue weighted by molar-refractivity contribution is -0.150. The molecule has 2 aromatic rings. The first-order valence-electron chi connectivity index (χ1n) is 14.6. The van der Waals surface area contributed by atoms with Crippen LogP contribution < -0.4 is 20.1 Å². The van der Waals surface area contributed by atoms with Gasteiger partial charge >= 0.3 is 5.97 Å². The first kappa shape index (κ1) is 30.3. The number of nitrogens with one attached hydrogen (secondary N) is 2. The zero-order valence-corrected chi connectivity index (χ0v) is 24.1. The van der Waals surface area contributed by atoms with E-state index >= 15 is 0 Å². The van der Waals surface area contributed by atoms with Gasteiger partial charge in [0, 0.05) is 18.7 Å². The van der Waals surface area contributed by atoms with Crippen molar-refractivity contribution in [3.8, 4) is 17.6 Å². The smallest absolute Gasteiger partial charge is 0.309 e. The number of carbonyl (C=O) groups is 3. The second kappa shape index (κ2) is 12.2. The summed E-state index contributed by atoms with van der Waals surface area (Å²) in [7, 11) is 1.40. The third kappa shape index (κ3) is 6.14. The van der Waals surface area contributed by atoms with Gasteiger partial charge in [-0.05, 0) is 87.5 Å². The summed E-state index contributed by atoms with van der Waals surface area (Å²) in [6.07, 6.45) is 4.08. The number of rotatable bonds is 9. The third-order valence-corrected chi connectivity index (χ3v) is 9.48. The lowest BCUT2D eigenvalue weighted by atomic mass is 9.75. The van der Waals surface area contributed by atoms with Crippen LogP contribution in [0.2, 0.25) is 0 Å². The Balaban J connectivity index is 1.31. The molecule has 2 amide bonds. The predicted molar refractivity (Wildman–Crippen MR) is 150 cm³/mol. The van der Waals surface area contributed by atoms with Gasteiger partial charge in [-0.2, -0.15) is 5.26 Å². The van der Waals surface area contributed by atoms with Crippen molar-refractivity contribution in [2.45, 2.75) is 70.6 Å². The van der Waals surface area contributed by atoms with E-state index in [-0.39, 0.29) is 53.0 Å². The molecule has 3 aliphatic carbocycles. The van der Waals surface area contributed by atoms with Crippen molar-refractivity contribution in [1.29, 1.82) is 5.26 Å². The first-order valence-corrected chi connectivity index (χ1v) is 14.6. The molecule has 2 aromatic carbocycles. The molecule has 0 aliphatic heterocycles. The van der Waals surface area contributed by atoms with Gasteiger partial charge < -0.3 is 25.2 Å². The molecule has 0 aromatic heterocycles. The summed E-state index contributed by atoms with van der Waals surface area (Å²) in [6, 6.07) is 8.04. The quantitative estimate of drug-likeness (QED) is 0.382. The zero-order chi connectivity index (χ0) is 30.9. The molecule has 11 heteroatoms. The monoisotopic (exact) mass is 595 g/mol. The average molecular weight is 596 g/mol. The number of hydrogen-bond acceptors (Lipinski definition) is 6. The van der Waals surface area contributed by atoms with Crippen LogP contribution in [0.5, 0.6) is 11.5 Å². The Bertz CT molecular complexity index is 1470. The summed E-state index contributed by atoms with van der Waals surface area (Å²) >= 11 is 0. The van der Waals surface area contributed by atoms with E-state index in [1.54, 1.807) is 6.92 Å². The molecule has 3 aliphatic rings. The Hall–Kier alpha value is -4.20. The number of nitrogens with zero attached hydrogens (tertiary/aromatic N) is 1. The van der Waals surface area contributed by atoms with Crippen LogP contribution in [0, 0.1) is 46.1 Å². The molecule has 3 saturated carbocycles. The molecule has 0 unspecified atom stereocenters. The highest BCUT2D eigenvalue weighted by Crippen LogP contribution is 2.49. The predicted octanol–water partition coefficient (Wildman–Crippen LogP) is 4.72. The van der Waals surface area contributed by atoms with Crippen LogP contribution in [-0.4, -0.2) is 42.1 Å². The normalized spacial score (nSPS) is 27.7. The number of carboxylic acid groups (broad SMARTS) is 1. The Morgan fingerprint density at radius 2 is 1.77 bits per heavy atom. The minimum Gasteiger partial charge on any atom is -0.496 e. The average Bonchev–Trinajstić information content (AvgIpc) is 3.60. The summed E-state index contributed by atoms with van der Waals surface area (Å²) < 4.78 is 38.5. The van der Waals surface area contributed by atoms with E-state index in [0.717, 1.165) is 31.4 Å². The zero-order valence-electron chi connectivity index (χ0n) is 24.1. The summed E-state index contributed by atoms with van der Waals surface area (Å²) in [5.41, 5.74) is -0.0427. The van der Waals surface area contributed by atoms with Gasteiger partial charge in [-0.3, -0.25) is 14.4 Å². The standard InChI is InChI=1S/C32H35F2N3O6/c1-32(31(40)41)9-7-21(8-10-32)43-25-14-22(26(42-2)13-20(25)15-35)29(38)37-28-19-5-4-18(12-19)27(28)30(39)36-16-17-3-6-23(33)24(34)11-17/h3,6,11,13-14,18-19,21,27-28H,4-5,7-10,12,16H2,1-2H3,(H,36,39)(H,37,38)(H,40,41)/t18-,19+,21?,27+,28-,32?/m1/s1. The number of halogens is 2. The maximum Gasteiger partial charge on any atom is 0.309 e. The molecule has 43 heavy (non-hydrogen) atoms. The number of carboxylic acids is 1. The molecule has 5 rings (SSSR count). The van der Waals surface area contributed by atoms with E-state index in [9.17, 15) is 33.5 Å². The fourth-order valence-corrected chi connectivity index (χ4v) is 6.89. The Kier molecular flexibility index (Phi) is 8.58. The van der Waals surface area contributed by atoms with Crippen LogP contribution in [0.15, 0.2) is 30.3 Å². The van der Waals surface area contributed by atoms with Crippen molar-refractivity contribution >= 4 is 17.8 Å². The Morgan fingerprint density at radius 1 is 1.05 bits per heavy atom. The van der Waals surface area contributed by atoms with Crippen molar-refractivity contribution in [1.82, 2.24) is 10.6 Å². The van der Waals surface area contributed by atoms with Crippen molar-refractivity contribution < 1.29 is 37.7 Å². The van der Waals surface area contributed by atoms with Gasteiger partial charge in [-0.25, -0.2) is 8.78 Å². The number of amides is 2. The number of benzene rings is 2. The topological polar surface area (TPSA) is 138 Å². The molecular formula is C32H35F2N3O6. The first-order chi connectivity index (χ1) is 20.5. The van der Waals surface area contributed by atoms with Crippen LogP contribution in [0.4, 0.5) is 8.78 Å². The third-order valence-electron chi connectivity index (χ3n) is 9.48. The number of methoxy groups -OCH3 is 1. The number of aliphatic carboxylic acids is 1. The summed E-state index contributed by atoms with van der Waals surface area (Å²) in [4.78, 5) is 38.6. The number of ether oxygens (including phenoxy) is 2. The molecule has 3 N–H and O–H groups in total. The lowest BCUT2D eigenvalue weighted by Crippen LogP contribution is -2.49. The number of carbonyl (C=O) groups excluding carboxylic acids is 2. The molecule has 9 nitrogen and oxygen atoms in total. The van der Waals surface area contributed by atoms with Crippen LogP contribution in [0.3, 0.4) is 0 Å². The van der Waals surface area contributed by atoms with E-state index in [4.69, 9.17) is 9.47 Å². The van der Waals surface area contributed by atoms with Crippen molar-refractivity contribution in [3.05, 3.63) is 58.7 Å². The minimum absolute atomic E-state index is 0.0293. The Morgan fingerprint density at radius 3 is 2.42 bits per heavy atom. The molecule has 0 radical (unpaired) electrons. The van der Waals surface area contributed by atoms with Gasteiger partial charge in [0.2, 0.25) is 5.91 Å². The van der Waals surface area contributed by atoms with Gasteiger partial charge in [0.05, 0.1) is 35.7 Å². The van der Waals surface area contributed by atoms with Crippen LogP contribution >= 0.6 is 0 Å². The Labute approximate surface area is 248 Å². The summed E-state index contributed by atoms with van der Waals surface area (Å²) in [5, 5.41) is 25.2. The van der Waals surface area contributed by atoms with Crippen molar-refractivity contribution in [3.63, 3.8) is 0 Å². The largest absolute Gasteiger partial charge is 0.496 e. The second-order valence-electron chi connectivity index (χ2n) is 12.2. The summed E-state index contributed by atoms with van der Waals surface area (Å²) in [5.74, 6) is -3.41. The fourth-order valence-electron chi connectivity index (χ4n) is 6.89. The number of hydrogen-bond donors (Lipinski definition) is 3. The van der Waals surface area contributed by atoms with Gasteiger partial charge in [-0.15, -0.1) is 0 Å². The molecule has 3 fully saturated rings. The maximum absolute atomic E-state index is 13.7. The second-order valence-corrected chi connectivity index (χ2v) is 12.2. The molecular weight excluding hydrogens is 560 g/mol. The number of fused-ring (bicyclic) bond motifs is 2. The van der Waals surface area contributed by atoms with Crippen LogP contribution in [0.25, 0.3) is 0 Å². The van der Waals surface area contributed by atoms with Crippen molar-refractivity contribution in [2.75, 3.05) is 7.11 Å². The lowest BCUT2D eigenvalue weighted by Gasteiger charge is -2.34. The van der Waals surface area contributed by atoms with Crippen LogP contribution in [0.1, 0.15) is 73.4 Å². The molecule has 2 bridgehead atoms. The fraction of sp³-hybridized carbons (Fsp3) is 0.500. The van der Waals surface area contributed by atoms with Gasteiger partial charge in [0.25, 0.3) is 5.91 Å². The highest BCUT2D eigenvalue weighted by atomic mass is 19.2. The van der Waals surface area contributed by atoms with E-state index in [1.807, 2.05) is 0 Å². The van der Waals surface area contributed by atoms with Gasteiger partial charge in [0.1, 0.15) is 17.6 Å².